The summed E-state index contributed by atoms with van der Waals surface area (Å²) in [7, 11) is 1.54. The van der Waals surface area contributed by atoms with Crippen molar-refractivity contribution in [3.63, 3.8) is 0 Å². The second kappa shape index (κ2) is 7.70. The number of amidine groups is 1. The summed E-state index contributed by atoms with van der Waals surface area (Å²) in [6, 6.07) is 5.49. The number of benzene rings is 1. The summed E-state index contributed by atoms with van der Waals surface area (Å²) in [5.41, 5.74) is 2.84. The maximum absolute atomic E-state index is 13.2. The van der Waals surface area contributed by atoms with Gasteiger partial charge >= 0.3 is 17.9 Å². The van der Waals surface area contributed by atoms with Gasteiger partial charge in [-0.15, -0.1) is 0 Å². The predicted molar refractivity (Wildman–Crippen MR) is 113 cm³/mol. The van der Waals surface area contributed by atoms with E-state index in [-0.39, 0.29) is 12.3 Å². The number of hydrogen-bond acceptors (Lipinski definition) is 6. The fourth-order valence-electron chi connectivity index (χ4n) is 4.07. The number of nitrogens with zero attached hydrogens (tertiary/aromatic N) is 5. The van der Waals surface area contributed by atoms with Gasteiger partial charge in [-0.3, -0.25) is 19.4 Å². The molecule has 1 fully saturated rings. The number of esters is 1. The zero-order valence-corrected chi connectivity index (χ0v) is 18.6. The molecule has 1 aromatic heterocycles. The summed E-state index contributed by atoms with van der Waals surface area (Å²) in [6.45, 7) is 6.88. The number of hydrogen-bond donors (Lipinski definition) is 0. The highest BCUT2D eigenvalue weighted by atomic mass is 16.5. The van der Waals surface area contributed by atoms with Crippen molar-refractivity contribution in [2.75, 3.05) is 20.2 Å². The number of imidazole rings is 1. The van der Waals surface area contributed by atoms with Crippen LogP contribution in [0.4, 0.5) is 10.7 Å². The van der Waals surface area contributed by atoms with Crippen molar-refractivity contribution in [2.24, 2.45) is 4.99 Å². The number of carbonyl (C=O) groups excluding carboxylic acids is 4. The second-order valence-electron chi connectivity index (χ2n) is 7.78. The Morgan fingerprint density at radius 2 is 1.81 bits per heavy atom. The zero-order valence-electron chi connectivity index (χ0n) is 18.6. The van der Waals surface area contributed by atoms with Gasteiger partial charge in [0.15, 0.2) is 0 Å². The fraction of sp³-hybridized carbons (Fsp3) is 0.364. The van der Waals surface area contributed by atoms with Crippen LogP contribution in [0.25, 0.3) is 5.69 Å². The molecule has 0 spiro atoms. The van der Waals surface area contributed by atoms with Crippen LogP contribution in [-0.2, 0) is 14.3 Å². The van der Waals surface area contributed by atoms with E-state index in [0.717, 1.165) is 22.0 Å². The van der Waals surface area contributed by atoms with Crippen LogP contribution < -0.4 is 4.57 Å². The van der Waals surface area contributed by atoms with E-state index in [1.807, 2.05) is 18.4 Å². The lowest BCUT2D eigenvalue weighted by atomic mass is 10.1. The molecule has 1 unspecified atom stereocenters. The second-order valence-corrected chi connectivity index (χ2v) is 7.78. The predicted octanol–water partition coefficient (Wildman–Crippen LogP) is 1.63. The van der Waals surface area contributed by atoms with Crippen LogP contribution in [0.5, 0.6) is 0 Å². The third-order valence-corrected chi connectivity index (χ3v) is 5.73. The average molecular weight is 438 g/mol. The number of fused-ring (bicyclic) bond motifs is 3. The van der Waals surface area contributed by atoms with E-state index >= 15 is 0 Å². The molecule has 2 aromatic rings. The monoisotopic (exact) mass is 438 g/mol. The first-order chi connectivity index (χ1) is 15.2. The summed E-state index contributed by atoms with van der Waals surface area (Å²) in [5.74, 6) is -0.363. The van der Waals surface area contributed by atoms with Crippen molar-refractivity contribution in [1.82, 2.24) is 14.4 Å². The fourth-order valence-corrected chi connectivity index (χ4v) is 4.07. The summed E-state index contributed by atoms with van der Waals surface area (Å²) >= 11 is 0. The number of ketones is 1. The van der Waals surface area contributed by atoms with Crippen molar-refractivity contribution >= 4 is 35.5 Å². The topological polar surface area (TPSA) is 105 Å². The highest BCUT2D eigenvalue weighted by molar-refractivity contribution is 6.19. The van der Waals surface area contributed by atoms with Gasteiger partial charge in [-0.05, 0) is 52.0 Å². The summed E-state index contributed by atoms with van der Waals surface area (Å²) in [4.78, 5) is 56.4. The van der Waals surface area contributed by atoms with Gasteiger partial charge in [0.05, 0.1) is 18.7 Å². The van der Waals surface area contributed by atoms with E-state index in [9.17, 15) is 19.2 Å². The number of ether oxygens (including phenoxy) is 1. The molecule has 2 aliphatic rings. The maximum atomic E-state index is 13.2. The quantitative estimate of drug-likeness (QED) is 0.521. The van der Waals surface area contributed by atoms with E-state index in [4.69, 9.17) is 4.74 Å². The van der Waals surface area contributed by atoms with Crippen LogP contribution in [0.1, 0.15) is 41.6 Å². The van der Waals surface area contributed by atoms with Gasteiger partial charge in [0.2, 0.25) is 11.9 Å². The van der Waals surface area contributed by atoms with Gasteiger partial charge in [0.1, 0.15) is 22.9 Å². The normalized spacial score (nSPS) is 17.3. The zero-order chi connectivity index (χ0) is 23.3. The van der Waals surface area contributed by atoms with Crippen molar-refractivity contribution < 1.29 is 28.5 Å². The number of amides is 3. The first-order valence-electron chi connectivity index (χ1n) is 10.2. The SMILES string of the molecule is CCOC(=O)c1ccc(-n2c(C)c(C)[n+]3c2N=C2C3C(=O)N(CC(C)=O)C(=O)N2C)cc1. The van der Waals surface area contributed by atoms with E-state index in [1.54, 1.807) is 42.8 Å². The number of aromatic nitrogens is 2. The number of likely N-dealkylation sites (N-methyl/N-ethyl adjacent to an activating group) is 1. The Morgan fingerprint density at radius 1 is 1.16 bits per heavy atom. The molecule has 0 bridgehead atoms. The number of aliphatic imine (C=N–C) groups is 1. The Labute approximate surface area is 184 Å². The molecule has 32 heavy (non-hydrogen) atoms. The Kier molecular flexibility index (Phi) is 5.15. The molecule has 3 amide bonds. The van der Waals surface area contributed by atoms with E-state index in [0.29, 0.717) is 24.0 Å². The van der Waals surface area contributed by atoms with Crippen molar-refractivity contribution in [3.05, 3.63) is 41.2 Å². The number of rotatable bonds is 5. The molecular formula is C22H24N5O5+. The lowest BCUT2D eigenvalue weighted by Crippen LogP contribution is -2.63. The lowest BCUT2D eigenvalue weighted by molar-refractivity contribution is -0.682. The minimum Gasteiger partial charge on any atom is -0.462 e. The van der Waals surface area contributed by atoms with Crippen LogP contribution in [0.15, 0.2) is 29.3 Å². The minimum absolute atomic E-state index is 0.282. The first kappa shape index (κ1) is 21.4. The largest absolute Gasteiger partial charge is 0.462 e. The molecule has 2 aliphatic heterocycles. The molecule has 0 radical (unpaired) electrons. The van der Waals surface area contributed by atoms with Crippen LogP contribution in [0.2, 0.25) is 0 Å². The molecule has 4 rings (SSSR count). The van der Waals surface area contributed by atoms with Crippen molar-refractivity contribution in [2.45, 2.75) is 33.7 Å². The Hall–Kier alpha value is -3.82. The van der Waals surface area contributed by atoms with E-state index in [2.05, 4.69) is 4.99 Å². The number of imide groups is 1. The lowest BCUT2D eigenvalue weighted by Gasteiger charge is -2.32. The van der Waals surface area contributed by atoms with Gasteiger partial charge in [-0.2, -0.15) is 4.57 Å². The molecule has 1 atom stereocenters. The maximum Gasteiger partial charge on any atom is 0.407 e. The van der Waals surface area contributed by atoms with Crippen molar-refractivity contribution in [3.8, 4) is 5.69 Å². The van der Waals surface area contributed by atoms with Crippen LogP contribution >= 0.6 is 0 Å². The first-order valence-corrected chi connectivity index (χ1v) is 10.2. The standard InChI is InChI=1S/C22H24N5O5/c1-6-32-20(30)15-7-9-16(10-8-15)26-13(3)14(4)27-17-18(23-21(26)27)24(5)22(31)25(19(17)29)11-12(2)28/h7-10,17H,6,11H2,1-5H3/q+1. The smallest absolute Gasteiger partial charge is 0.407 e. The summed E-state index contributed by atoms with van der Waals surface area (Å²) < 4.78 is 8.69. The van der Waals surface area contributed by atoms with Gasteiger partial charge in [-0.1, -0.05) is 4.99 Å². The number of carbonyl (C=O) groups is 4. The Bertz CT molecular complexity index is 1190. The molecule has 1 saturated heterocycles. The molecule has 0 saturated carbocycles. The molecule has 10 heteroatoms. The van der Waals surface area contributed by atoms with E-state index < -0.39 is 23.9 Å². The summed E-state index contributed by atoms with van der Waals surface area (Å²) in [6.07, 6.45) is 0. The van der Waals surface area contributed by atoms with Crippen LogP contribution in [0, 0.1) is 13.8 Å². The molecule has 0 N–H and O–H groups in total. The van der Waals surface area contributed by atoms with Gasteiger partial charge in [0.25, 0.3) is 5.91 Å². The minimum atomic E-state index is -0.828. The molecule has 0 aliphatic carbocycles. The Morgan fingerprint density at radius 3 is 2.41 bits per heavy atom. The molecule has 166 valence electrons. The van der Waals surface area contributed by atoms with Crippen molar-refractivity contribution in [1.29, 1.82) is 0 Å². The van der Waals surface area contributed by atoms with Gasteiger partial charge in [0, 0.05) is 7.05 Å². The molecule has 1 aromatic carbocycles. The average Bonchev–Trinajstić information content (AvgIpc) is 3.25. The van der Waals surface area contributed by atoms with Gasteiger partial charge in [-0.25, -0.2) is 14.2 Å². The highest BCUT2D eigenvalue weighted by Crippen LogP contribution is 2.33. The third-order valence-electron chi connectivity index (χ3n) is 5.73. The van der Waals surface area contributed by atoms with E-state index in [1.165, 1.54) is 11.8 Å². The van der Waals surface area contributed by atoms with Gasteiger partial charge < -0.3 is 4.74 Å². The summed E-state index contributed by atoms with van der Waals surface area (Å²) in [5, 5.41) is 0. The van der Waals surface area contributed by atoms with Crippen LogP contribution in [-0.4, -0.2) is 64.1 Å². The molecular weight excluding hydrogens is 414 g/mol. The number of Topliss-reactive ketones (excluding diaryl/α,β-unsaturated/α-hetero) is 1. The Balaban J connectivity index is 1.80. The highest BCUT2D eigenvalue weighted by Gasteiger charge is 2.54. The number of urea groups is 1. The molecule has 3 heterocycles. The molecule has 10 nitrogen and oxygen atoms in total. The van der Waals surface area contributed by atoms with Crippen LogP contribution in [0.3, 0.4) is 0 Å². The third kappa shape index (κ3) is 3.10.